The number of aliphatic carboxylic acids is 1. The first kappa shape index (κ1) is 14.7. The van der Waals surface area contributed by atoms with Gasteiger partial charge in [-0.05, 0) is 25.7 Å². The lowest BCUT2D eigenvalue weighted by Gasteiger charge is -2.25. The number of rotatable bonds is 2. The average molecular weight is 285 g/mol. The van der Waals surface area contributed by atoms with Crippen molar-refractivity contribution in [3.8, 4) is 0 Å². The minimum absolute atomic E-state index is 0.0627. The molecule has 1 saturated heterocycles. The first-order chi connectivity index (χ1) is 8.89. The number of hydrogen-bond acceptors (Lipinski definition) is 3. The van der Waals surface area contributed by atoms with Crippen molar-refractivity contribution in [2.75, 3.05) is 18.8 Å². The number of thioether (sulfide) groups is 1. The van der Waals surface area contributed by atoms with Gasteiger partial charge in [-0.25, -0.2) is 0 Å². The van der Waals surface area contributed by atoms with Gasteiger partial charge in [-0.1, -0.05) is 13.8 Å². The largest absolute Gasteiger partial charge is 0.481 e. The number of carbonyl (C=O) groups excluding carboxylic acids is 1. The van der Waals surface area contributed by atoms with Crippen LogP contribution in [0.25, 0.3) is 0 Å². The Labute approximate surface area is 118 Å². The third kappa shape index (κ3) is 3.65. The van der Waals surface area contributed by atoms with Crippen molar-refractivity contribution in [1.29, 1.82) is 0 Å². The maximum atomic E-state index is 12.5. The molecule has 1 N–H and O–H groups in total. The third-order valence-electron chi connectivity index (χ3n) is 4.28. The fourth-order valence-corrected chi connectivity index (χ4v) is 4.03. The van der Waals surface area contributed by atoms with Crippen LogP contribution in [0.3, 0.4) is 0 Å². The number of carbonyl (C=O) groups is 2. The van der Waals surface area contributed by atoms with Crippen LogP contribution in [0.2, 0.25) is 0 Å². The van der Waals surface area contributed by atoms with Gasteiger partial charge in [0.25, 0.3) is 0 Å². The SMILES string of the molecule is CC1(C)CCN(C(=O)[C@@H]2CC[C@H](C(=O)O)C2)CCS1. The van der Waals surface area contributed by atoms with E-state index in [0.717, 1.165) is 31.7 Å². The molecule has 108 valence electrons. The lowest BCUT2D eigenvalue weighted by Crippen LogP contribution is -2.37. The van der Waals surface area contributed by atoms with E-state index in [1.807, 2.05) is 16.7 Å². The predicted octanol–water partition coefficient (Wildman–Crippen LogP) is 2.23. The average Bonchev–Trinajstić information content (AvgIpc) is 2.75. The van der Waals surface area contributed by atoms with Gasteiger partial charge in [0.1, 0.15) is 0 Å². The molecule has 0 aromatic heterocycles. The van der Waals surface area contributed by atoms with E-state index < -0.39 is 5.97 Å². The molecule has 2 atom stereocenters. The van der Waals surface area contributed by atoms with E-state index in [1.165, 1.54) is 0 Å². The second kappa shape index (κ2) is 5.73. The Balaban J connectivity index is 1.92. The number of carboxylic acids is 1. The van der Waals surface area contributed by atoms with E-state index in [-0.39, 0.29) is 22.5 Å². The Kier molecular flexibility index (Phi) is 4.43. The van der Waals surface area contributed by atoms with Crippen molar-refractivity contribution < 1.29 is 14.7 Å². The van der Waals surface area contributed by atoms with Crippen LogP contribution < -0.4 is 0 Å². The minimum Gasteiger partial charge on any atom is -0.481 e. The molecule has 4 nitrogen and oxygen atoms in total. The van der Waals surface area contributed by atoms with Crippen LogP contribution >= 0.6 is 11.8 Å². The summed E-state index contributed by atoms with van der Waals surface area (Å²) in [5, 5.41) is 9.01. The predicted molar refractivity (Wildman–Crippen MR) is 76.2 cm³/mol. The fourth-order valence-electron chi connectivity index (χ4n) is 2.93. The summed E-state index contributed by atoms with van der Waals surface area (Å²) in [4.78, 5) is 25.4. The van der Waals surface area contributed by atoms with Gasteiger partial charge in [-0.2, -0.15) is 11.8 Å². The first-order valence-electron chi connectivity index (χ1n) is 7.04. The summed E-state index contributed by atoms with van der Waals surface area (Å²) >= 11 is 1.92. The number of hydrogen-bond donors (Lipinski definition) is 1. The maximum absolute atomic E-state index is 12.5. The van der Waals surface area contributed by atoms with Crippen molar-refractivity contribution in [2.24, 2.45) is 11.8 Å². The van der Waals surface area contributed by atoms with Crippen LogP contribution in [0.5, 0.6) is 0 Å². The molecule has 1 heterocycles. The Morgan fingerprint density at radius 2 is 1.89 bits per heavy atom. The first-order valence-corrected chi connectivity index (χ1v) is 8.03. The van der Waals surface area contributed by atoms with Gasteiger partial charge in [-0.15, -0.1) is 0 Å². The van der Waals surface area contributed by atoms with E-state index in [4.69, 9.17) is 5.11 Å². The molecule has 0 radical (unpaired) electrons. The molecule has 0 spiro atoms. The third-order valence-corrected chi connectivity index (χ3v) is 5.65. The highest BCUT2D eigenvalue weighted by Crippen LogP contribution is 2.35. The highest BCUT2D eigenvalue weighted by atomic mass is 32.2. The van der Waals surface area contributed by atoms with Crippen LogP contribution in [-0.4, -0.2) is 45.5 Å². The van der Waals surface area contributed by atoms with Crippen LogP contribution in [0.1, 0.15) is 39.5 Å². The molecule has 1 aliphatic carbocycles. The molecular formula is C14H23NO3S. The lowest BCUT2D eigenvalue weighted by atomic mass is 10.0. The zero-order valence-corrected chi connectivity index (χ0v) is 12.5. The van der Waals surface area contributed by atoms with Crippen molar-refractivity contribution in [3.63, 3.8) is 0 Å². The molecule has 5 heteroatoms. The highest BCUT2D eigenvalue weighted by molar-refractivity contribution is 8.00. The molecule has 2 aliphatic rings. The summed E-state index contributed by atoms with van der Waals surface area (Å²) < 4.78 is 0.244. The van der Waals surface area contributed by atoms with Crippen LogP contribution in [-0.2, 0) is 9.59 Å². The van der Waals surface area contributed by atoms with E-state index in [2.05, 4.69) is 13.8 Å². The quantitative estimate of drug-likeness (QED) is 0.845. The van der Waals surface area contributed by atoms with Gasteiger partial charge in [0.15, 0.2) is 0 Å². The molecule has 0 unspecified atom stereocenters. The Hall–Kier alpha value is -0.710. The van der Waals surface area contributed by atoms with E-state index >= 15 is 0 Å². The van der Waals surface area contributed by atoms with Crippen molar-refractivity contribution >= 4 is 23.6 Å². The van der Waals surface area contributed by atoms with Crippen molar-refractivity contribution in [1.82, 2.24) is 4.90 Å². The molecular weight excluding hydrogens is 262 g/mol. The monoisotopic (exact) mass is 285 g/mol. The Morgan fingerprint density at radius 3 is 2.53 bits per heavy atom. The Morgan fingerprint density at radius 1 is 1.21 bits per heavy atom. The molecule has 0 aromatic carbocycles. The zero-order chi connectivity index (χ0) is 14.0. The molecule has 1 saturated carbocycles. The van der Waals surface area contributed by atoms with Gasteiger partial charge in [-0.3, -0.25) is 9.59 Å². The van der Waals surface area contributed by atoms with Crippen LogP contribution in [0.4, 0.5) is 0 Å². The van der Waals surface area contributed by atoms with Gasteiger partial charge < -0.3 is 10.0 Å². The highest BCUT2D eigenvalue weighted by Gasteiger charge is 2.36. The fraction of sp³-hybridized carbons (Fsp3) is 0.857. The van der Waals surface area contributed by atoms with Gasteiger partial charge >= 0.3 is 5.97 Å². The molecule has 0 aromatic rings. The summed E-state index contributed by atoms with van der Waals surface area (Å²) in [6.07, 6.45) is 2.93. The molecule has 1 aliphatic heterocycles. The minimum atomic E-state index is -0.747. The van der Waals surface area contributed by atoms with Gasteiger partial charge in [0, 0.05) is 29.5 Å². The van der Waals surface area contributed by atoms with E-state index in [9.17, 15) is 9.59 Å². The second-order valence-corrected chi connectivity index (χ2v) is 8.03. The summed E-state index contributed by atoms with van der Waals surface area (Å²) in [7, 11) is 0. The zero-order valence-electron chi connectivity index (χ0n) is 11.7. The molecule has 1 amide bonds. The summed E-state index contributed by atoms with van der Waals surface area (Å²) in [6, 6.07) is 0. The molecule has 19 heavy (non-hydrogen) atoms. The summed E-state index contributed by atoms with van der Waals surface area (Å²) in [5.41, 5.74) is 0. The standard InChI is InChI=1S/C14H23NO3S/c1-14(2)5-6-15(7-8-19-14)12(16)10-3-4-11(9-10)13(17)18/h10-11H,3-9H2,1-2H3,(H,17,18)/t10-,11+/m1/s1. The number of carboxylic acid groups (broad SMARTS) is 1. The molecule has 2 fully saturated rings. The van der Waals surface area contributed by atoms with Crippen LogP contribution in [0.15, 0.2) is 0 Å². The summed E-state index contributed by atoms with van der Waals surface area (Å²) in [5.74, 6) is 0.0392. The number of amides is 1. The van der Waals surface area contributed by atoms with Gasteiger partial charge in [0.05, 0.1) is 5.92 Å². The number of nitrogens with zero attached hydrogens (tertiary/aromatic N) is 1. The molecule has 0 bridgehead atoms. The molecule has 2 rings (SSSR count). The Bertz CT molecular complexity index is 370. The topological polar surface area (TPSA) is 57.6 Å². The smallest absolute Gasteiger partial charge is 0.306 e. The van der Waals surface area contributed by atoms with Crippen molar-refractivity contribution in [2.45, 2.75) is 44.3 Å². The lowest BCUT2D eigenvalue weighted by molar-refractivity contribution is -0.141. The summed E-state index contributed by atoms with van der Waals surface area (Å²) in [6.45, 7) is 6.07. The van der Waals surface area contributed by atoms with E-state index in [0.29, 0.717) is 12.8 Å². The van der Waals surface area contributed by atoms with Crippen LogP contribution in [0, 0.1) is 11.8 Å². The second-order valence-electron chi connectivity index (χ2n) is 6.23. The van der Waals surface area contributed by atoms with E-state index in [1.54, 1.807) is 0 Å². The van der Waals surface area contributed by atoms with Gasteiger partial charge in [0.2, 0.25) is 5.91 Å². The normalized spacial score (nSPS) is 30.9. The van der Waals surface area contributed by atoms with Crippen molar-refractivity contribution in [3.05, 3.63) is 0 Å². The maximum Gasteiger partial charge on any atom is 0.306 e.